The van der Waals surface area contributed by atoms with Crippen molar-refractivity contribution >= 4 is 22.1 Å². The Morgan fingerprint density at radius 3 is 1.21 bits per heavy atom. The van der Waals surface area contributed by atoms with E-state index in [4.69, 9.17) is 0 Å². The molecule has 9 N–H and O–H groups in total. The van der Waals surface area contributed by atoms with E-state index < -0.39 is 44.6 Å². The fraction of sp³-hybridized carbons (Fsp3) is 0.889. The average Bonchev–Trinajstić information content (AvgIpc) is 2.50. The minimum absolute atomic E-state index is 0. The normalized spacial score (nSPS) is 13.0. The first-order valence-corrected chi connectivity index (χ1v) is 11.0. The van der Waals surface area contributed by atoms with Gasteiger partial charge in [0.25, 0.3) is 10.1 Å². The lowest BCUT2D eigenvalue weighted by atomic mass is 9.59. The molecule has 10 heteroatoms. The summed E-state index contributed by atoms with van der Waals surface area (Å²) in [5.74, 6) is -4.55. The van der Waals surface area contributed by atoms with E-state index in [-0.39, 0.29) is 12.3 Å². The van der Waals surface area contributed by atoms with E-state index in [0.29, 0.717) is 51.4 Å². The molecule has 0 fully saturated rings. The maximum absolute atomic E-state index is 12.6. The third-order valence-corrected chi connectivity index (χ3v) is 6.41. The first-order chi connectivity index (χ1) is 12.0. The van der Waals surface area contributed by atoms with Crippen molar-refractivity contribution in [1.29, 1.82) is 0 Å². The van der Waals surface area contributed by atoms with Gasteiger partial charge in [-0.2, -0.15) is 8.42 Å². The van der Waals surface area contributed by atoms with Gasteiger partial charge in [0.1, 0.15) is 5.41 Å². The molecule has 0 aromatic heterocycles. The Hall–Kier alpha value is -1.23. The topological polar surface area (TPSA) is 199 Å². The van der Waals surface area contributed by atoms with Crippen LogP contribution in [0.1, 0.15) is 79.1 Å². The highest BCUT2D eigenvalue weighted by atomic mass is 32.2. The maximum atomic E-state index is 12.6. The highest BCUT2D eigenvalue weighted by molar-refractivity contribution is 7.87. The summed E-state index contributed by atoms with van der Waals surface area (Å²) >= 11 is 0. The predicted molar refractivity (Wildman–Crippen MR) is 110 cm³/mol. The Morgan fingerprint density at radius 2 is 1.07 bits per heavy atom. The number of hydrogen-bond acceptors (Lipinski definition) is 6. The van der Waals surface area contributed by atoms with Crippen LogP contribution in [0.3, 0.4) is 0 Å². The largest absolute Gasteiger partial charge is 0.481 e. The van der Waals surface area contributed by atoms with Crippen LogP contribution in [0, 0.1) is 17.3 Å². The number of carbonyl (C=O) groups is 2. The second kappa shape index (κ2) is 13.9. The van der Waals surface area contributed by atoms with Crippen LogP contribution in [0.4, 0.5) is 0 Å². The molecular weight excluding hydrogens is 388 g/mol. The van der Waals surface area contributed by atoms with Crippen LogP contribution in [0.2, 0.25) is 0 Å². The van der Waals surface area contributed by atoms with Gasteiger partial charge in [0.2, 0.25) is 0 Å². The van der Waals surface area contributed by atoms with Crippen molar-refractivity contribution in [2.24, 2.45) is 17.3 Å². The number of carboxylic acid groups (broad SMARTS) is 2. The van der Waals surface area contributed by atoms with E-state index in [2.05, 4.69) is 0 Å². The molecule has 170 valence electrons. The van der Waals surface area contributed by atoms with Gasteiger partial charge in [0.05, 0.1) is 0 Å². The van der Waals surface area contributed by atoms with Crippen LogP contribution in [0.15, 0.2) is 0 Å². The molecule has 0 aromatic rings. The summed E-state index contributed by atoms with van der Waals surface area (Å²) in [4.78, 5) is 24.5. The molecule has 1 atom stereocenters. The average molecular weight is 429 g/mol. The van der Waals surface area contributed by atoms with Crippen molar-refractivity contribution in [1.82, 2.24) is 12.3 Å². The number of aliphatic carboxylic acids is 2. The Kier molecular flexibility index (Phi) is 15.6. The van der Waals surface area contributed by atoms with Gasteiger partial charge in [-0.15, -0.1) is 0 Å². The minimum Gasteiger partial charge on any atom is -0.481 e. The molecule has 0 aliphatic carbocycles. The van der Waals surface area contributed by atoms with E-state index in [1.165, 1.54) is 0 Å². The zero-order valence-electron chi connectivity index (χ0n) is 17.7. The summed E-state index contributed by atoms with van der Waals surface area (Å²) in [6, 6.07) is 0. The van der Waals surface area contributed by atoms with Gasteiger partial charge in [-0.25, -0.2) is 0 Å². The lowest BCUT2D eigenvalue weighted by molar-refractivity contribution is -0.165. The number of rotatable bonds is 14. The SMILES string of the molecule is CCCC(CCC)C(C(=O)O)(C(CCC)CCC)C(C(=O)O)S(=O)(=O)O.N.N. The van der Waals surface area contributed by atoms with Crippen molar-refractivity contribution in [3.8, 4) is 0 Å². The molecule has 1 unspecified atom stereocenters. The van der Waals surface area contributed by atoms with Crippen LogP contribution in [0.5, 0.6) is 0 Å². The van der Waals surface area contributed by atoms with Gasteiger partial charge in [-0.1, -0.05) is 53.4 Å². The predicted octanol–water partition coefficient (Wildman–Crippen LogP) is 4.16. The second-order valence-electron chi connectivity index (χ2n) is 7.02. The standard InChI is InChI=1S/C18H34O7S.2H3N/c1-5-9-13(10-6-2)18(17(21)22,14(11-7-3)12-8-4)15(16(19)20)26(23,24)25;;/h13-15H,5-12H2,1-4H3,(H,19,20)(H,21,22)(H,23,24,25);2*1H3. The fourth-order valence-electron chi connectivity index (χ4n) is 4.44. The van der Waals surface area contributed by atoms with E-state index in [0.717, 1.165) is 0 Å². The summed E-state index contributed by atoms with van der Waals surface area (Å²) in [5.41, 5.74) is -2.06. The molecule has 0 rings (SSSR count). The lowest BCUT2D eigenvalue weighted by Crippen LogP contribution is -2.59. The van der Waals surface area contributed by atoms with E-state index >= 15 is 0 Å². The summed E-state index contributed by atoms with van der Waals surface area (Å²) < 4.78 is 33.9. The smallest absolute Gasteiger partial charge is 0.325 e. The van der Waals surface area contributed by atoms with E-state index in [1.54, 1.807) is 0 Å². The second-order valence-corrected chi connectivity index (χ2v) is 8.52. The Balaban J connectivity index is -0.00000312. The summed E-state index contributed by atoms with van der Waals surface area (Å²) in [5, 5.41) is 17.5. The molecule has 0 heterocycles. The Morgan fingerprint density at radius 1 is 0.786 bits per heavy atom. The van der Waals surface area contributed by atoms with Gasteiger partial charge in [-0.05, 0) is 37.5 Å². The molecule has 0 aromatic carbocycles. The van der Waals surface area contributed by atoms with Gasteiger partial charge in [0.15, 0.2) is 5.25 Å². The third-order valence-electron chi connectivity index (χ3n) is 5.23. The highest BCUT2D eigenvalue weighted by Gasteiger charge is 2.62. The molecule has 0 bridgehead atoms. The molecule has 0 saturated heterocycles. The number of hydrogen-bond donors (Lipinski definition) is 5. The molecule has 0 amide bonds. The van der Waals surface area contributed by atoms with Crippen LogP contribution in [0.25, 0.3) is 0 Å². The maximum Gasteiger partial charge on any atom is 0.325 e. The summed E-state index contributed by atoms with van der Waals surface area (Å²) in [6.45, 7) is 7.42. The van der Waals surface area contributed by atoms with Crippen molar-refractivity contribution < 1.29 is 32.8 Å². The zero-order valence-corrected chi connectivity index (χ0v) is 18.5. The Labute approximate surface area is 169 Å². The first-order valence-electron chi connectivity index (χ1n) is 9.47. The molecule has 0 aliphatic heterocycles. The fourth-order valence-corrected chi connectivity index (χ4v) is 5.67. The van der Waals surface area contributed by atoms with Crippen LogP contribution in [-0.2, 0) is 19.7 Å². The molecule has 0 saturated carbocycles. The molecule has 0 radical (unpaired) electrons. The zero-order chi connectivity index (χ0) is 20.5. The van der Waals surface area contributed by atoms with Crippen LogP contribution < -0.4 is 12.3 Å². The van der Waals surface area contributed by atoms with Gasteiger partial charge < -0.3 is 22.5 Å². The van der Waals surface area contributed by atoms with Crippen LogP contribution in [-0.4, -0.2) is 40.4 Å². The molecular formula is C18H40N2O7S. The summed E-state index contributed by atoms with van der Waals surface area (Å²) in [6.07, 6.45) is 3.97. The monoisotopic (exact) mass is 428 g/mol. The molecule has 9 nitrogen and oxygen atoms in total. The lowest BCUT2D eigenvalue weighted by Gasteiger charge is -2.45. The quantitative estimate of drug-likeness (QED) is 0.252. The Bertz CT molecular complexity index is 538. The third kappa shape index (κ3) is 6.98. The minimum atomic E-state index is -5.11. The highest BCUT2D eigenvalue weighted by Crippen LogP contribution is 2.50. The van der Waals surface area contributed by atoms with Crippen molar-refractivity contribution in [3.63, 3.8) is 0 Å². The van der Waals surface area contributed by atoms with Crippen molar-refractivity contribution in [2.75, 3.05) is 0 Å². The van der Waals surface area contributed by atoms with Gasteiger partial charge in [-0.3, -0.25) is 14.1 Å². The molecule has 28 heavy (non-hydrogen) atoms. The van der Waals surface area contributed by atoms with E-state index in [9.17, 15) is 32.8 Å². The molecule has 0 aliphatic rings. The number of carboxylic acids is 2. The summed E-state index contributed by atoms with van der Waals surface area (Å²) in [7, 11) is -5.11. The van der Waals surface area contributed by atoms with Crippen LogP contribution >= 0.6 is 0 Å². The van der Waals surface area contributed by atoms with E-state index in [1.807, 2.05) is 27.7 Å². The van der Waals surface area contributed by atoms with Crippen molar-refractivity contribution in [2.45, 2.75) is 84.3 Å². The first kappa shape index (κ1) is 31.5. The van der Waals surface area contributed by atoms with Gasteiger partial charge >= 0.3 is 11.9 Å². The van der Waals surface area contributed by atoms with Gasteiger partial charge in [0, 0.05) is 0 Å². The van der Waals surface area contributed by atoms with Crippen molar-refractivity contribution in [3.05, 3.63) is 0 Å². The molecule has 0 spiro atoms.